The first kappa shape index (κ1) is 24.1. The summed E-state index contributed by atoms with van der Waals surface area (Å²) >= 11 is 0. The molecule has 4 atom stereocenters. The quantitative estimate of drug-likeness (QED) is 0.539. The first-order valence-corrected chi connectivity index (χ1v) is 10.6. The molecule has 0 saturated heterocycles. The van der Waals surface area contributed by atoms with Crippen LogP contribution in [0.15, 0.2) is 24.3 Å². The van der Waals surface area contributed by atoms with E-state index in [-0.39, 0.29) is 31.5 Å². The minimum atomic E-state index is -1.63. The van der Waals surface area contributed by atoms with Crippen LogP contribution in [-0.4, -0.2) is 41.6 Å². The Bertz CT molecular complexity index is 762. The maximum absolute atomic E-state index is 13.1. The van der Waals surface area contributed by atoms with Gasteiger partial charge in [0, 0.05) is 12.3 Å². The van der Waals surface area contributed by atoms with Crippen LogP contribution in [0.2, 0.25) is 0 Å². The molecule has 1 aliphatic carbocycles. The third kappa shape index (κ3) is 5.69. The zero-order valence-corrected chi connectivity index (χ0v) is 18.8. The molecule has 0 unspecified atom stereocenters. The van der Waals surface area contributed by atoms with Gasteiger partial charge in [0.25, 0.3) is 0 Å². The molecule has 0 radical (unpaired) electrons. The van der Waals surface area contributed by atoms with Crippen LogP contribution in [0.25, 0.3) is 0 Å². The van der Waals surface area contributed by atoms with E-state index in [0.29, 0.717) is 5.56 Å². The van der Waals surface area contributed by atoms with Crippen molar-refractivity contribution >= 4 is 17.7 Å². The Morgan fingerprint density at radius 2 is 1.53 bits per heavy atom. The van der Waals surface area contributed by atoms with E-state index in [2.05, 4.69) is 0 Å². The van der Waals surface area contributed by atoms with E-state index in [0.717, 1.165) is 5.56 Å². The number of hydrogen-bond donors (Lipinski definition) is 1. The summed E-state index contributed by atoms with van der Waals surface area (Å²) in [5.74, 6) is -4.54. The van der Waals surface area contributed by atoms with Crippen LogP contribution in [0, 0.1) is 30.6 Å². The summed E-state index contributed by atoms with van der Waals surface area (Å²) in [7, 11) is 0. The largest absolute Gasteiger partial charge is 0.465 e. The van der Waals surface area contributed by atoms with Gasteiger partial charge in [-0.05, 0) is 31.2 Å². The Labute approximate surface area is 179 Å². The molecular formula is C24H34O6. The highest BCUT2D eigenvalue weighted by molar-refractivity contribution is 6.02. The normalized spacial score (nSPS) is 26.7. The SMILES string of the molecule is Cc1ccc([C@@H]2[C@@H](C(=O)OCC(C)C)C(=O)C[C@](C)(O)[C@@H]2C(=O)OCC(C)C)cc1. The molecule has 0 aliphatic heterocycles. The van der Waals surface area contributed by atoms with Gasteiger partial charge < -0.3 is 14.6 Å². The standard InChI is InChI=1S/C24H34O6/c1-14(2)12-29-22(26)20-18(25)11-24(6,28)21(23(27)30-13-15(3)4)19(20)17-9-7-16(5)8-10-17/h7-10,14-15,19-21,28H,11-13H2,1-6H3/t19-,20+,21+,24+/m1/s1. The summed E-state index contributed by atoms with van der Waals surface area (Å²) < 4.78 is 10.8. The molecule has 0 spiro atoms. The Morgan fingerprint density at radius 3 is 2.03 bits per heavy atom. The fraction of sp³-hybridized carbons (Fsp3) is 0.625. The van der Waals surface area contributed by atoms with E-state index < -0.39 is 41.1 Å². The van der Waals surface area contributed by atoms with Gasteiger partial charge in [-0.15, -0.1) is 0 Å². The zero-order valence-electron chi connectivity index (χ0n) is 18.8. The Morgan fingerprint density at radius 1 is 1.03 bits per heavy atom. The maximum Gasteiger partial charge on any atom is 0.317 e. The highest BCUT2D eigenvalue weighted by Crippen LogP contribution is 2.46. The van der Waals surface area contributed by atoms with E-state index in [1.54, 1.807) is 12.1 Å². The van der Waals surface area contributed by atoms with Gasteiger partial charge in [-0.3, -0.25) is 14.4 Å². The maximum atomic E-state index is 13.1. The molecule has 1 fully saturated rings. The number of ketones is 1. The van der Waals surface area contributed by atoms with Crippen LogP contribution >= 0.6 is 0 Å². The van der Waals surface area contributed by atoms with Gasteiger partial charge in [-0.25, -0.2) is 0 Å². The van der Waals surface area contributed by atoms with Crippen LogP contribution in [-0.2, 0) is 23.9 Å². The minimum Gasteiger partial charge on any atom is -0.465 e. The average Bonchev–Trinajstić information content (AvgIpc) is 2.63. The first-order chi connectivity index (χ1) is 13.9. The Hall–Kier alpha value is -2.21. The smallest absolute Gasteiger partial charge is 0.317 e. The van der Waals surface area contributed by atoms with Crippen molar-refractivity contribution in [1.29, 1.82) is 0 Å². The summed E-state index contributed by atoms with van der Waals surface area (Å²) in [6.45, 7) is 11.4. The molecule has 0 amide bonds. The van der Waals surface area contributed by atoms with Crippen LogP contribution in [0.3, 0.4) is 0 Å². The molecule has 1 N–H and O–H groups in total. The van der Waals surface area contributed by atoms with E-state index in [1.807, 2.05) is 46.8 Å². The van der Waals surface area contributed by atoms with Gasteiger partial charge in [-0.1, -0.05) is 57.5 Å². The van der Waals surface area contributed by atoms with Gasteiger partial charge in [0.15, 0.2) is 5.78 Å². The highest BCUT2D eigenvalue weighted by Gasteiger charge is 2.57. The molecule has 30 heavy (non-hydrogen) atoms. The van der Waals surface area contributed by atoms with Crippen LogP contribution in [0.5, 0.6) is 0 Å². The Kier molecular flexibility index (Phi) is 7.81. The van der Waals surface area contributed by atoms with Crippen molar-refractivity contribution in [3.63, 3.8) is 0 Å². The lowest BCUT2D eigenvalue weighted by molar-refractivity contribution is -0.173. The lowest BCUT2D eigenvalue weighted by atomic mass is 9.61. The van der Waals surface area contributed by atoms with E-state index in [1.165, 1.54) is 6.92 Å². The van der Waals surface area contributed by atoms with Gasteiger partial charge in [0.05, 0.1) is 24.7 Å². The molecule has 6 nitrogen and oxygen atoms in total. The molecular weight excluding hydrogens is 384 g/mol. The molecule has 1 saturated carbocycles. The van der Waals surface area contributed by atoms with Crippen molar-refractivity contribution in [3.8, 4) is 0 Å². The van der Waals surface area contributed by atoms with Crippen molar-refractivity contribution in [3.05, 3.63) is 35.4 Å². The summed E-state index contributed by atoms with van der Waals surface area (Å²) in [5.41, 5.74) is 0.00708. The molecule has 0 heterocycles. The number of carbonyl (C=O) groups is 3. The molecule has 0 aromatic heterocycles. The summed E-state index contributed by atoms with van der Waals surface area (Å²) in [5, 5.41) is 11.1. The van der Waals surface area contributed by atoms with Crippen molar-refractivity contribution in [2.45, 2.75) is 59.5 Å². The first-order valence-electron chi connectivity index (χ1n) is 10.6. The molecule has 1 aromatic carbocycles. The zero-order chi connectivity index (χ0) is 22.6. The molecule has 6 heteroatoms. The minimum absolute atomic E-state index is 0.111. The number of carbonyl (C=O) groups excluding carboxylic acids is 3. The number of hydrogen-bond acceptors (Lipinski definition) is 6. The van der Waals surface area contributed by atoms with Gasteiger partial charge >= 0.3 is 11.9 Å². The van der Waals surface area contributed by atoms with E-state index in [4.69, 9.17) is 9.47 Å². The number of rotatable bonds is 7. The predicted molar refractivity (Wildman–Crippen MR) is 113 cm³/mol. The van der Waals surface area contributed by atoms with Gasteiger partial charge in [-0.2, -0.15) is 0 Å². The lowest BCUT2D eigenvalue weighted by Crippen LogP contribution is -2.55. The molecule has 166 valence electrons. The second-order valence-corrected chi connectivity index (χ2v) is 9.44. The third-order valence-corrected chi connectivity index (χ3v) is 5.36. The number of ether oxygens (including phenoxy) is 2. The summed E-state index contributed by atoms with van der Waals surface area (Å²) in [6, 6.07) is 7.30. The number of Topliss-reactive ketones (excluding diaryl/α,β-unsaturated/α-hetero) is 1. The van der Waals surface area contributed by atoms with Crippen molar-refractivity contribution in [1.82, 2.24) is 0 Å². The second kappa shape index (κ2) is 9.73. The number of esters is 2. The van der Waals surface area contributed by atoms with Crippen molar-refractivity contribution in [2.75, 3.05) is 13.2 Å². The Balaban J connectivity index is 2.51. The fourth-order valence-corrected chi connectivity index (χ4v) is 3.88. The molecule has 2 rings (SSSR count). The molecule has 1 aromatic rings. The second-order valence-electron chi connectivity index (χ2n) is 9.44. The van der Waals surface area contributed by atoms with E-state index >= 15 is 0 Å². The van der Waals surface area contributed by atoms with Crippen LogP contribution in [0.1, 0.15) is 58.1 Å². The fourth-order valence-electron chi connectivity index (χ4n) is 3.88. The predicted octanol–water partition coefficient (Wildman–Crippen LogP) is 3.43. The van der Waals surface area contributed by atoms with Gasteiger partial charge in [0.1, 0.15) is 5.92 Å². The van der Waals surface area contributed by atoms with Crippen molar-refractivity contribution in [2.24, 2.45) is 23.7 Å². The third-order valence-electron chi connectivity index (χ3n) is 5.36. The van der Waals surface area contributed by atoms with Crippen molar-refractivity contribution < 1.29 is 29.0 Å². The monoisotopic (exact) mass is 418 g/mol. The van der Waals surface area contributed by atoms with Gasteiger partial charge in [0.2, 0.25) is 0 Å². The topological polar surface area (TPSA) is 89.9 Å². The highest BCUT2D eigenvalue weighted by atomic mass is 16.5. The number of aliphatic hydroxyl groups is 1. The molecule has 0 bridgehead atoms. The lowest BCUT2D eigenvalue weighted by Gasteiger charge is -2.43. The van der Waals surface area contributed by atoms with Crippen LogP contribution in [0.4, 0.5) is 0 Å². The van der Waals surface area contributed by atoms with Crippen LogP contribution < -0.4 is 0 Å². The molecule has 1 aliphatic rings. The number of aryl methyl sites for hydroxylation is 1. The number of benzene rings is 1. The summed E-state index contributed by atoms with van der Waals surface area (Å²) in [4.78, 5) is 39.0. The average molecular weight is 419 g/mol. The summed E-state index contributed by atoms with van der Waals surface area (Å²) in [6.07, 6.45) is -0.307. The van der Waals surface area contributed by atoms with E-state index in [9.17, 15) is 19.5 Å².